The van der Waals surface area contributed by atoms with Gasteiger partial charge in [0.1, 0.15) is 5.69 Å². The van der Waals surface area contributed by atoms with Crippen molar-refractivity contribution in [3.63, 3.8) is 0 Å². The third-order valence-corrected chi connectivity index (χ3v) is 3.47. The lowest BCUT2D eigenvalue weighted by Crippen LogP contribution is -2.31. The Kier molecular flexibility index (Phi) is 5.80. The Morgan fingerprint density at radius 1 is 1.17 bits per heavy atom. The summed E-state index contributed by atoms with van der Waals surface area (Å²) in [6.07, 6.45) is 4.86. The minimum Gasteiger partial charge on any atom is -0.348 e. The summed E-state index contributed by atoms with van der Waals surface area (Å²) in [4.78, 5) is 34.2. The summed E-state index contributed by atoms with van der Waals surface area (Å²) in [5, 5.41) is 2.81. The van der Waals surface area contributed by atoms with Crippen molar-refractivity contribution in [3.8, 4) is 0 Å². The smallest absolute Gasteiger partial charge is 0.272 e. The van der Waals surface area contributed by atoms with E-state index in [1.165, 1.54) is 12.3 Å². The zero-order chi connectivity index (χ0) is 16.7. The Balaban J connectivity index is 2.06. The standard InChI is InChI=1S/C17H20N4O2/c1-3-21(4-2)17(23)15-10-14(7-9-19-15)16(22)20-12-13-6-5-8-18-11-13/h5-11H,3-4,12H2,1-2H3,(H,20,22). The van der Waals surface area contributed by atoms with Gasteiger partial charge >= 0.3 is 0 Å². The summed E-state index contributed by atoms with van der Waals surface area (Å²) in [7, 11) is 0. The molecular weight excluding hydrogens is 292 g/mol. The normalized spacial score (nSPS) is 10.2. The second kappa shape index (κ2) is 8.03. The number of carbonyl (C=O) groups excluding carboxylic acids is 2. The first-order valence-electron chi connectivity index (χ1n) is 7.58. The van der Waals surface area contributed by atoms with Gasteiger partial charge in [-0.1, -0.05) is 6.07 Å². The highest BCUT2D eigenvalue weighted by Crippen LogP contribution is 2.06. The highest BCUT2D eigenvalue weighted by atomic mass is 16.2. The molecule has 2 amide bonds. The van der Waals surface area contributed by atoms with E-state index in [1.54, 1.807) is 23.4 Å². The molecule has 2 heterocycles. The second-order valence-electron chi connectivity index (χ2n) is 4.95. The van der Waals surface area contributed by atoms with Gasteiger partial charge in [-0.25, -0.2) is 0 Å². The van der Waals surface area contributed by atoms with Crippen LogP contribution >= 0.6 is 0 Å². The van der Waals surface area contributed by atoms with Gasteiger partial charge in [-0.05, 0) is 37.6 Å². The molecule has 0 radical (unpaired) electrons. The zero-order valence-electron chi connectivity index (χ0n) is 13.3. The average molecular weight is 312 g/mol. The predicted octanol–water partition coefficient (Wildman–Crippen LogP) is 1.89. The average Bonchev–Trinajstić information content (AvgIpc) is 2.61. The van der Waals surface area contributed by atoms with E-state index in [0.717, 1.165) is 5.56 Å². The highest BCUT2D eigenvalue weighted by molar-refractivity contribution is 5.98. The number of amides is 2. The Hall–Kier alpha value is -2.76. The lowest BCUT2D eigenvalue weighted by atomic mass is 10.2. The zero-order valence-corrected chi connectivity index (χ0v) is 13.3. The molecule has 120 valence electrons. The van der Waals surface area contributed by atoms with Crippen molar-refractivity contribution in [1.82, 2.24) is 20.2 Å². The molecule has 0 saturated carbocycles. The molecule has 6 nitrogen and oxygen atoms in total. The maximum absolute atomic E-state index is 12.3. The van der Waals surface area contributed by atoms with Gasteiger partial charge in [0.15, 0.2) is 0 Å². The van der Waals surface area contributed by atoms with E-state index in [1.807, 2.05) is 26.0 Å². The Morgan fingerprint density at radius 3 is 2.61 bits per heavy atom. The van der Waals surface area contributed by atoms with Gasteiger partial charge in [0, 0.05) is 43.8 Å². The van der Waals surface area contributed by atoms with Crippen molar-refractivity contribution < 1.29 is 9.59 Å². The minimum absolute atomic E-state index is 0.170. The number of carbonyl (C=O) groups is 2. The van der Waals surface area contributed by atoms with Crippen LogP contribution in [0.2, 0.25) is 0 Å². The van der Waals surface area contributed by atoms with Crippen molar-refractivity contribution >= 4 is 11.8 Å². The number of nitrogens with zero attached hydrogens (tertiary/aromatic N) is 3. The van der Waals surface area contributed by atoms with Crippen LogP contribution in [-0.4, -0.2) is 39.8 Å². The van der Waals surface area contributed by atoms with E-state index in [9.17, 15) is 9.59 Å². The number of hydrogen-bond acceptors (Lipinski definition) is 4. The summed E-state index contributed by atoms with van der Waals surface area (Å²) < 4.78 is 0. The van der Waals surface area contributed by atoms with Gasteiger partial charge in [-0.15, -0.1) is 0 Å². The predicted molar refractivity (Wildman–Crippen MR) is 86.9 cm³/mol. The molecule has 6 heteroatoms. The number of aromatic nitrogens is 2. The monoisotopic (exact) mass is 312 g/mol. The fourth-order valence-corrected chi connectivity index (χ4v) is 2.15. The maximum Gasteiger partial charge on any atom is 0.272 e. The molecule has 0 aliphatic heterocycles. The van der Waals surface area contributed by atoms with Gasteiger partial charge in [0.05, 0.1) is 0 Å². The molecule has 2 aromatic heterocycles. The molecule has 0 fully saturated rings. The van der Waals surface area contributed by atoms with Gasteiger partial charge < -0.3 is 10.2 Å². The molecule has 0 aliphatic rings. The molecule has 0 aromatic carbocycles. The van der Waals surface area contributed by atoms with E-state index < -0.39 is 0 Å². The third-order valence-electron chi connectivity index (χ3n) is 3.47. The number of rotatable bonds is 6. The molecule has 0 aliphatic carbocycles. The summed E-state index contributed by atoms with van der Waals surface area (Å²) in [5.41, 5.74) is 1.61. The van der Waals surface area contributed by atoms with Crippen LogP contribution < -0.4 is 5.32 Å². The summed E-state index contributed by atoms with van der Waals surface area (Å²) >= 11 is 0. The highest BCUT2D eigenvalue weighted by Gasteiger charge is 2.16. The van der Waals surface area contributed by atoms with Gasteiger partial charge in [0.25, 0.3) is 11.8 Å². The third kappa shape index (κ3) is 4.35. The van der Waals surface area contributed by atoms with Gasteiger partial charge in [-0.3, -0.25) is 19.6 Å². The molecule has 0 spiro atoms. The van der Waals surface area contributed by atoms with Gasteiger partial charge in [-0.2, -0.15) is 0 Å². The maximum atomic E-state index is 12.3. The van der Waals surface area contributed by atoms with Crippen LogP contribution in [0.4, 0.5) is 0 Å². The number of hydrogen-bond donors (Lipinski definition) is 1. The fraction of sp³-hybridized carbons (Fsp3) is 0.294. The second-order valence-corrected chi connectivity index (χ2v) is 4.95. The molecule has 0 unspecified atom stereocenters. The van der Waals surface area contributed by atoms with E-state index in [0.29, 0.717) is 25.2 Å². The van der Waals surface area contributed by atoms with Gasteiger partial charge in [0.2, 0.25) is 0 Å². The molecule has 2 rings (SSSR count). The first-order chi connectivity index (χ1) is 11.2. The Morgan fingerprint density at radius 2 is 1.96 bits per heavy atom. The molecule has 0 atom stereocenters. The Labute approximate surface area is 135 Å². The first kappa shape index (κ1) is 16.6. The van der Waals surface area contributed by atoms with Crippen LogP contribution in [0.25, 0.3) is 0 Å². The lowest BCUT2D eigenvalue weighted by molar-refractivity contribution is 0.0767. The van der Waals surface area contributed by atoms with Crippen molar-refractivity contribution in [2.24, 2.45) is 0 Å². The molecule has 1 N–H and O–H groups in total. The molecule has 2 aromatic rings. The fourth-order valence-electron chi connectivity index (χ4n) is 2.15. The molecular formula is C17H20N4O2. The van der Waals surface area contributed by atoms with Crippen LogP contribution in [0.15, 0.2) is 42.9 Å². The largest absolute Gasteiger partial charge is 0.348 e. The molecule has 0 bridgehead atoms. The van der Waals surface area contributed by atoms with Crippen molar-refractivity contribution in [2.75, 3.05) is 13.1 Å². The summed E-state index contributed by atoms with van der Waals surface area (Å²) in [6.45, 7) is 5.41. The van der Waals surface area contributed by atoms with E-state index in [4.69, 9.17) is 0 Å². The molecule has 23 heavy (non-hydrogen) atoms. The van der Waals surface area contributed by atoms with Crippen molar-refractivity contribution in [1.29, 1.82) is 0 Å². The number of pyridine rings is 2. The quantitative estimate of drug-likeness (QED) is 0.884. The van der Waals surface area contributed by atoms with E-state index in [2.05, 4.69) is 15.3 Å². The SMILES string of the molecule is CCN(CC)C(=O)c1cc(C(=O)NCc2cccnc2)ccn1. The van der Waals surface area contributed by atoms with Crippen LogP contribution in [0.1, 0.15) is 40.3 Å². The van der Waals surface area contributed by atoms with Crippen LogP contribution in [0.3, 0.4) is 0 Å². The van der Waals surface area contributed by atoms with Crippen LogP contribution in [0, 0.1) is 0 Å². The van der Waals surface area contributed by atoms with Crippen molar-refractivity contribution in [2.45, 2.75) is 20.4 Å². The van der Waals surface area contributed by atoms with E-state index >= 15 is 0 Å². The van der Waals surface area contributed by atoms with Crippen molar-refractivity contribution in [3.05, 3.63) is 59.7 Å². The minimum atomic E-state index is -0.246. The van der Waals surface area contributed by atoms with Crippen LogP contribution in [-0.2, 0) is 6.54 Å². The van der Waals surface area contributed by atoms with E-state index in [-0.39, 0.29) is 17.5 Å². The number of nitrogens with one attached hydrogen (secondary N) is 1. The first-order valence-corrected chi connectivity index (χ1v) is 7.58. The van der Waals surface area contributed by atoms with Crippen LogP contribution in [0.5, 0.6) is 0 Å². The topological polar surface area (TPSA) is 75.2 Å². The lowest BCUT2D eigenvalue weighted by Gasteiger charge is -2.18. The summed E-state index contributed by atoms with van der Waals surface area (Å²) in [6, 6.07) is 6.82. The Bertz CT molecular complexity index is 669. The molecule has 0 saturated heterocycles. The summed E-state index contributed by atoms with van der Waals surface area (Å²) in [5.74, 6) is -0.415.